The van der Waals surface area contributed by atoms with Crippen molar-refractivity contribution in [3.63, 3.8) is 0 Å². The first-order valence-electron chi connectivity index (χ1n) is 10.4. The summed E-state index contributed by atoms with van der Waals surface area (Å²) in [6.45, 7) is 4.32. The third-order valence-electron chi connectivity index (χ3n) is 5.13. The quantitative estimate of drug-likeness (QED) is 0.320. The number of aryl methyl sites for hydroxylation is 2. The molecule has 0 aromatic heterocycles. The third kappa shape index (κ3) is 5.21. The topological polar surface area (TPSA) is 75.7 Å². The van der Waals surface area contributed by atoms with Gasteiger partial charge in [-0.3, -0.25) is 14.9 Å². The number of hydrogen-bond donors (Lipinski definition) is 1. The molecule has 0 bridgehead atoms. The first-order valence-corrected chi connectivity index (χ1v) is 11.5. The molecule has 1 fully saturated rings. The van der Waals surface area contributed by atoms with E-state index in [1.807, 2.05) is 26.0 Å². The SMILES string of the molecule is Cc1cc(C)cc(COc2ccc(Cl)cc2/C=C2\C(=O)NC(=O)N(c3ccc(Br)cc3)C2=O)c1. The molecule has 3 aromatic carbocycles. The highest BCUT2D eigenvalue weighted by Crippen LogP contribution is 2.29. The monoisotopic (exact) mass is 538 g/mol. The maximum atomic E-state index is 13.2. The van der Waals surface area contributed by atoms with Gasteiger partial charge in [0.25, 0.3) is 11.8 Å². The van der Waals surface area contributed by atoms with Crippen molar-refractivity contribution in [1.29, 1.82) is 0 Å². The van der Waals surface area contributed by atoms with Crippen molar-refractivity contribution >= 4 is 57.1 Å². The summed E-state index contributed by atoms with van der Waals surface area (Å²) in [4.78, 5) is 39.1. The highest BCUT2D eigenvalue weighted by Gasteiger charge is 2.37. The largest absolute Gasteiger partial charge is 0.488 e. The molecule has 0 unspecified atom stereocenters. The number of carbonyl (C=O) groups is 3. The van der Waals surface area contributed by atoms with E-state index in [9.17, 15) is 14.4 Å². The van der Waals surface area contributed by atoms with Crippen LogP contribution in [0.5, 0.6) is 5.75 Å². The first kappa shape index (κ1) is 23.7. The van der Waals surface area contributed by atoms with E-state index < -0.39 is 17.8 Å². The van der Waals surface area contributed by atoms with Crippen molar-refractivity contribution in [3.05, 3.63) is 98.0 Å². The van der Waals surface area contributed by atoms with Crippen LogP contribution in [0.15, 0.2) is 70.7 Å². The summed E-state index contributed by atoms with van der Waals surface area (Å²) in [5.74, 6) is -1.08. The van der Waals surface area contributed by atoms with Gasteiger partial charge in [-0.25, -0.2) is 9.69 Å². The lowest BCUT2D eigenvalue weighted by atomic mass is 10.1. The van der Waals surface area contributed by atoms with Gasteiger partial charge < -0.3 is 4.74 Å². The van der Waals surface area contributed by atoms with E-state index in [2.05, 4.69) is 27.3 Å². The van der Waals surface area contributed by atoms with Crippen molar-refractivity contribution < 1.29 is 19.1 Å². The number of urea groups is 1. The Morgan fingerprint density at radius 3 is 2.32 bits per heavy atom. The van der Waals surface area contributed by atoms with Gasteiger partial charge in [0.2, 0.25) is 0 Å². The lowest BCUT2D eigenvalue weighted by Crippen LogP contribution is -2.54. The Kier molecular flexibility index (Phi) is 6.86. The standard InChI is InChI=1S/C26H20BrClN2O4/c1-15-9-16(2)11-17(10-15)14-34-23-8-5-20(28)12-18(23)13-22-24(31)29-26(33)30(25(22)32)21-6-3-19(27)4-7-21/h3-13H,14H2,1-2H3,(H,29,31,33)/b22-13+. The molecule has 1 aliphatic heterocycles. The van der Waals surface area contributed by atoms with Crippen LogP contribution in [-0.4, -0.2) is 17.8 Å². The lowest BCUT2D eigenvalue weighted by Gasteiger charge is -2.26. The molecular formula is C26H20BrClN2O4. The smallest absolute Gasteiger partial charge is 0.335 e. The summed E-state index contributed by atoms with van der Waals surface area (Å²) in [6, 6.07) is 16.9. The molecule has 0 saturated carbocycles. The Morgan fingerprint density at radius 1 is 0.971 bits per heavy atom. The van der Waals surface area contributed by atoms with Crippen LogP contribution in [0.3, 0.4) is 0 Å². The molecule has 4 rings (SSSR count). The van der Waals surface area contributed by atoms with E-state index in [4.69, 9.17) is 16.3 Å². The molecule has 1 heterocycles. The Morgan fingerprint density at radius 2 is 1.65 bits per heavy atom. The van der Waals surface area contributed by atoms with Crippen LogP contribution in [0.4, 0.5) is 10.5 Å². The molecular weight excluding hydrogens is 520 g/mol. The van der Waals surface area contributed by atoms with Crippen LogP contribution in [-0.2, 0) is 16.2 Å². The molecule has 1 aliphatic rings. The van der Waals surface area contributed by atoms with Crippen molar-refractivity contribution in [2.45, 2.75) is 20.5 Å². The summed E-state index contributed by atoms with van der Waals surface area (Å²) in [7, 11) is 0. The first-order chi connectivity index (χ1) is 16.2. The van der Waals surface area contributed by atoms with Gasteiger partial charge in [-0.1, -0.05) is 56.9 Å². The number of benzene rings is 3. The molecule has 8 heteroatoms. The zero-order chi connectivity index (χ0) is 24.4. The van der Waals surface area contributed by atoms with E-state index in [0.29, 0.717) is 28.6 Å². The molecule has 1 N–H and O–H groups in total. The lowest BCUT2D eigenvalue weighted by molar-refractivity contribution is -0.122. The number of carbonyl (C=O) groups excluding carboxylic acids is 3. The minimum atomic E-state index is -0.813. The van der Waals surface area contributed by atoms with Crippen molar-refractivity contribution in [3.8, 4) is 5.75 Å². The number of hydrogen-bond acceptors (Lipinski definition) is 4. The summed E-state index contributed by atoms with van der Waals surface area (Å²) in [6.07, 6.45) is 1.39. The molecule has 172 valence electrons. The Labute approximate surface area is 210 Å². The molecule has 4 amide bonds. The van der Waals surface area contributed by atoms with Gasteiger partial charge in [-0.15, -0.1) is 0 Å². The van der Waals surface area contributed by atoms with Gasteiger partial charge in [-0.2, -0.15) is 0 Å². The number of amides is 4. The molecule has 3 aromatic rings. The molecule has 0 spiro atoms. The molecule has 34 heavy (non-hydrogen) atoms. The summed E-state index contributed by atoms with van der Waals surface area (Å²) < 4.78 is 6.80. The molecule has 1 saturated heterocycles. The van der Waals surface area contributed by atoms with Gasteiger partial charge in [0.15, 0.2) is 0 Å². The van der Waals surface area contributed by atoms with Crippen LogP contribution in [0.25, 0.3) is 6.08 Å². The number of nitrogens with one attached hydrogen (secondary N) is 1. The van der Waals surface area contributed by atoms with Crippen LogP contribution >= 0.6 is 27.5 Å². The average molecular weight is 540 g/mol. The summed E-state index contributed by atoms with van der Waals surface area (Å²) in [5.41, 5.74) is 3.81. The van der Waals surface area contributed by atoms with Crippen molar-refractivity contribution in [1.82, 2.24) is 5.32 Å². The minimum Gasteiger partial charge on any atom is -0.488 e. The number of anilines is 1. The fourth-order valence-electron chi connectivity index (χ4n) is 3.71. The number of imide groups is 2. The predicted molar refractivity (Wildman–Crippen MR) is 135 cm³/mol. The third-order valence-corrected chi connectivity index (χ3v) is 5.90. The molecule has 0 radical (unpaired) electrons. The highest BCUT2D eigenvalue weighted by molar-refractivity contribution is 9.10. The number of barbiturate groups is 1. The second-order valence-electron chi connectivity index (χ2n) is 7.90. The Hall–Kier alpha value is -3.42. The normalized spacial score (nSPS) is 15.0. The van der Waals surface area contributed by atoms with Gasteiger partial charge >= 0.3 is 6.03 Å². The van der Waals surface area contributed by atoms with E-state index in [0.717, 1.165) is 26.1 Å². The summed E-state index contributed by atoms with van der Waals surface area (Å²) in [5, 5.41) is 2.63. The highest BCUT2D eigenvalue weighted by atomic mass is 79.9. The second-order valence-corrected chi connectivity index (χ2v) is 9.25. The predicted octanol–water partition coefficient (Wildman–Crippen LogP) is 5.96. The van der Waals surface area contributed by atoms with Gasteiger partial charge in [0, 0.05) is 15.1 Å². The van der Waals surface area contributed by atoms with Crippen LogP contribution in [0, 0.1) is 13.8 Å². The number of halogens is 2. The molecule has 6 nitrogen and oxygen atoms in total. The minimum absolute atomic E-state index is 0.207. The molecule has 0 aliphatic carbocycles. The van der Waals surface area contributed by atoms with Crippen LogP contribution in [0.1, 0.15) is 22.3 Å². The Bertz CT molecular complexity index is 1310. The summed E-state index contributed by atoms with van der Waals surface area (Å²) >= 11 is 9.51. The number of rotatable bonds is 5. The van der Waals surface area contributed by atoms with E-state index in [1.54, 1.807) is 42.5 Å². The van der Waals surface area contributed by atoms with Crippen LogP contribution in [0.2, 0.25) is 5.02 Å². The van der Waals surface area contributed by atoms with Crippen molar-refractivity contribution in [2.75, 3.05) is 4.90 Å². The van der Waals surface area contributed by atoms with E-state index in [-0.39, 0.29) is 5.57 Å². The fourth-order valence-corrected chi connectivity index (χ4v) is 4.16. The van der Waals surface area contributed by atoms with Crippen molar-refractivity contribution in [2.24, 2.45) is 0 Å². The zero-order valence-corrected chi connectivity index (χ0v) is 20.7. The average Bonchev–Trinajstić information content (AvgIpc) is 2.76. The van der Waals surface area contributed by atoms with Gasteiger partial charge in [0.1, 0.15) is 17.9 Å². The second kappa shape index (κ2) is 9.83. The fraction of sp³-hybridized carbons (Fsp3) is 0.115. The van der Waals surface area contributed by atoms with Gasteiger partial charge in [-0.05, 0) is 68.0 Å². The van der Waals surface area contributed by atoms with Crippen LogP contribution < -0.4 is 15.0 Å². The maximum Gasteiger partial charge on any atom is 0.335 e. The number of nitrogens with zero attached hydrogens (tertiary/aromatic N) is 1. The molecule has 0 atom stereocenters. The number of ether oxygens (including phenoxy) is 1. The van der Waals surface area contributed by atoms with Gasteiger partial charge in [0.05, 0.1) is 5.69 Å². The van der Waals surface area contributed by atoms with E-state index >= 15 is 0 Å². The maximum absolute atomic E-state index is 13.2. The van der Waals surface area contributed by atoms with E-state index in [1.165, 1.54) is 6.08 Å². The zero-order valence-electron chi connectivity index (χ0n) is 18.4. The Balaban J connectivity index is 1.67.